The second-order valence-electron chi connectivity index (χ2n) is 9.89. The molecule has 222 valence electrons. The summed E-state index contributed by atoms with van der Waals surface area (Å²) in [5.74, 6) is -3.89. The third kappa shape index (κ3) is 6.53. The van der Waals surface area contributed by atoms with Crippen molar-refractivity contribution < 1.29 is 36.7 Å². The van der Waals surface area contributed by atoms with Crippen molar-refractivity contribution in [2.45, 2.75) is 56.3 Å². The van der Waals surface area contributed by atoms with E-state index in [9.17, 15) is 32.0 Å². The number of nitrogens with one attached hydrogen (secondary N) is 4. The second-order valence-corrected chi connectivity index (χ2v) is 11.9. The largest absolute Gasteiger partial charge is 0.369 e. The molecule has 16 heteroatoms. The molecule has 0 fully saturated rings. The van der Waals surface area contributed by atoms with E-state index in [1.807, 2.05) is 0 Å². The molecule has 1 aromatic carbocycles. The number of aromatic amines is 1. The van der Waals surface area contributed by atoms with Gasteiger partial charge in [-0.1, -0.05) is 32.4 Å². The van der Waals surface area contributed by atoms with Crippen molar-refractivity contribution in [1.82, 2.24) is 31.4 Å². The fourth-order valence-electron chi connectivity index (χ4n) is 4.84. The van der Waals surface area contributed by atoms with Gasteiger partial charge in [-0.3, -0.25) is 24.1 Å². The van der Waals surface area contributed by atoms with E-state index in [0.717, 1.165) is 4.90 Å². The quantitative estimate of drug-likeness (QED) is 0.227. The standard InChI is InChI=1S/C25H32FN7O7S/c1-3-14(2)21(30-20(34)12-40-8-7-26)24(36)29-17-13-41(38,39)19-6-4-5-15-9-18(33(22(15)19)25(17)37)23(35)27-10-16-11-28-32-31-16/h4-6,11,14,17-18,21H,3,7-10,12-13H2,1-2H3,(H,27,35)(H,29,36)(H,30,34)(H,28,31,32)/t14-,17-,18+,21-/m0/s1. The Labute approximate surface area is 235 Å². The van der Waals surface area contributed by atoms with Crippen LogP contribution in [0.5, 0.6) is 0 Å². The van der Waals surface area contributed by atoms with Gasteiger partial charge in [0.05, 0.1) is 35.7 Å². The molecule has 0 radical (unpaired) electrons. The van der Waals surface area contributed by atoms with Gasteiger partial charge in [0.15, 0.2) is 9.84 Å². The molecular weight excluding hydrogens is 561 g/mol. The van der Waals surface area contributed by atoms with E-state index in [4.69, 9.17) is 4.74 Å². The molecular formula is C25H32FN7O7S. The van der Waals surface area contributed by atoms with Gasteiger partial charge < -0.3 is 20.7 Å². The van der Waals surface area contributed by atoms with Crippen LogP contribution in [0.3, 0.4) is 0 Å². The fourth-order valence-corrected chi connectivity index (χ4v) is 6.50. The first kappa shape index (κ1) is 30.0. The summed E-state index contributed by atoms with van der Waals surface area (Å²) >= 11 is 0. The first-order valence-electron chi connectivity index (χ1n) is 13.1. The average Bonchev–Trinajstić information content (AvgIpc) is 3.59. The molecule has 0 saturated heterocycles. The number of rotatable bonds is 12. The van der Waals surface area contributed by atoms with Crippen LogP contribution in [-0.4, -0.2) is 91.2 Å². The first-order chi connectivity index (χ1) is 19.6. The van der Waals surface area contributed by atoms with Crippen LogP contribution in [0.4, 0.5) is 10.1 Å². The van der Waals surface area contributed by atoms with Gasteiger partial charge >= 0.3 is 0 Å². The number of hydrogen-bond acceptors (Lipinski definition) is 9. The van der Waals surface area contributed by atoms with Crippen LogP contribution in [0.2, 0.25) is 0 Å². The zero-order valence-corrected chi connectivity index (χ0v) is 23.4. The zero-order chi connectivity index (χ0) is 29.7. The van der Waals surface area contributed by atoms with Gasteiger partial charge in [-0.2, -0.15) is 15.4 Å². The summed E-state index contributed by atoms with van der Waals surface area (Å²) in [6, 6.07) is 0.825. The van der Waals surface area contributed by atoms with Gasteiger partial charge in [-0.25, -0.2) is 12.8 Å². The summed E-state index contributed by atoms with van der Waals surface area (Å²) in [5, 5.41) is 17.7. The Bertz CT molecular complexity index is 1400. The van der Waals surface area contributed by atoms with Crippen molar-refractivity contribution in [3.63, 3.8) is 0 Å². The first-order valence-corrected chi connectivity index (χ1v) is 14.8. The predicted octanol–water partition coefficient (Wildman–Crippen LogP) is -0.832. The van der Waals surface area contributed by atoms with Gasteiger partial charge in [0.1, 0.15) is 37.1 Å². The Morgan fingerprint density at radius 1 is 1.29 bits per heavy atom. The molecule has 0 saturated carbocycles. The topological polar surface area (TPSA) is 193 Å². The predicted molar refractivity (Wildman–Crippen MR) is 142 cm³/mol. The number of carbonyl (C=O) groups is 4. The number of benzene rings is 1. The molecule has 0 spiro atoms. The van der Waals surface area contributed by atoms with Crippen LogP contribution in [-0.2, 0) is 46.7 Å². The summed E-state index contributed by atoms with van der Waals surface area (Å²) in [5.41, 5.74) is 1.08. The smallest absolute Gasteiger partial charge is 0.251 e. The van der Waals surface area contributed by atoms with Crippen LogP contribution >= 0.6 is 0 Å². The number of amides is 4. The number of hydrogen-bond donors (Lipinski definition) is 4. The number of anilines is 1. The van der Waals surface area contributed by atoms with Gasteiger partial charge in [0.2, 0.25) is 17.7 Å². The molecule has 0 bridgehead atoms. The van der Waals surface area contributed by atoms with Crippen molar-refractivity contribution in [3.8, 4) is 0 Å². The molecule has 0 aliphatic carbocycles. The Morgan fingerprint density at radius 3 is 2.76 bits per heavy atom. The van der Waals surface area contributed by atoms with Crippen LogP contribution in [0.15, 0.2) is 29.3 Å². The molecule has 2 aliphatic rings. The number of halogens is 1. The van der Waals surface area contributed by atoms with Crippen molar-refractivity contribution in [1.29, 1.82) is 0 Å². The van der Waals surface area contributed by atoms with Crippen molar-refractivity contribution in [3.05, 3.63) is 35.7 Å². The molecule has 41 heavy (non-hydrogen) atoms. The molecule has 0 unspecified atom stereocenters. The number of alkyl halides is 1. The monoisotopic (exact) mass is 593 g/mol. The van der Waals surface area contributed by atoms with Crippen LogP contribution in [0, 0.1) is 5.92 Å². The Balaban J connectivity index is 1.59. The number of aromatic nitrogens is 3. The molecule has 2 aliphatic heterocycles. The third-order valence-corrected chi connectivity index (χ3v) is 8.87. The Kier molecular flexibility index (Phi) is 9.32. The number of H-pyrrole nitrogens is 1. The number of carbonyl (C=O) groups excluding carboxylic acids is 4. The number of ether oxygens (including phenoxy) is 1. The maximum absolute atomic E-state index is 13.9. The van der Waals surface area contributed by atoms with E-state index in [0.29, 0.717) is 17.7 Å². The number of para-hydroxylation sites is 1. The van der Waals surface area contributed by atoms with Crippen LogP contribution < -0.4 is 20.9 Å². The Hall–Kier alpha value is -3.92. The molecule has 1 aromatic heterocycles. The van der Waals surface area contributed by atoms with E-state index in [2.05, 4.69) is 31.4 Å². The van der Waals surface area contributed by atoms with Crippen LogP contribution in [0.25, 0.3) is 0 Å². The highest BCUT2D eigenvalue weighted by molar-refractivity contribution is 7.91. The molecule has 4 atom stereocenters. The summed E-state index contributed by atoms with van der Waals surface area (Å²) in [7, 11) is -4.08. The molecule has 3 heterocycles. The SMILES string of the molecule is CC[C@H](C)[C@H](NC(=O)COCCF)C(=O)N[C@H]1CS(=O)(=O)c2cccc3c2N(C1=O)[C@@H](C(=O)NCc1cn[nH]n1)C3. The molecule has 2 aromatic rings. The van der Waals surface area contributed by atoms with Gasteiger partial charge in [0, 0.05) is 6.42 Å². The highest BCUT2D eigenvalue weighted by Crippen LogP contribution is 2.41. The Morgan fingerprint density at radius 2 is 2.07 bits per heavy atom. The molecule has 14 nitrogen and oxygen atoms in total. The minimum atomic E-state index is -4.08. The van der Waals surface area contributed by atoms with Gasteiger partial charge in [-0.05, 0) is 17.5 Å². The summed E-state index contributed by atoms with van der Waals surface area (Å²) in [6.45, 7) is 1.99. The second kappa shape index (κ2) is 12.7. The maximum Gasteiger partial charge on any atom is 0.251 e. The maximum atomic E-state index is 13.9. The van der Waals surface area contributed by atoms with E-state index >= 15 is 0 Å². The number of nitrogens with zero attached hydrogens (tertiary/aromatic N) is 3. The molecule has 4 amide bonds. The lowest BCUT2D eigenvalue weighted by molar-refractivity contribution is -0.134. The highest BCUT2D eigenvalue weighted by atomic mass is 32.2. The van der Waals surface area contributed by atoms with Crippen molar-refractivity contribution in [2.75, 3.05) is 30.5 Å². The zero-order valence-electron chi connectivity index (χ0n) is 22.6. The van der Waals surface area contributed by atoms with Crippen LogP contribution in [0.1, 0.15) is 31.5 Å². The third-order valence-electron chi connectivity index (χ3n) is 7.10. The molecule has 4 rings (SSSR count). The van der Waals surface area contributed by atoms with Gasteiger partial charge in [-0.15, -0.1) is 0 Å². The summed E-state index contributed by atoms with van der Waals surface area (Å²) < 4.78 is 44.1. The summed E-state index contributed by atoms with van der Waals surface area (Å²) in [4.78, 5) is 53.9. The van der Waals surface area contributed by atoms with E-state index in [1.165, 1.54) is 12.3 Å². The van der Waals surface area contributed by atoms with E-state index in [1.54, 1.807) is 26.0 Å². The minimum Gasteiger partial charge on any atom is -0.369 e. The highest BCUT2D eigenvalue weighted by Gasteiger charge is 2.48. The van der Waals surface area contributed by atoms with Crippen molar-refractivity contribution >= 4 is 39.2 Å². The van der Waals surface area contributed by atoms with E-state index < -0.39 is 76.5 Å². The number of sulfone groups is 1. The van der Waals surface area contributed by atoms with E-state index in [-0.39, 0.29) is 30.2 Å². The van der Waals surface area contributed by atoms with Gasteiger partial charge in [0.25, 0.3) is 5.91 Å². The fraction of sp³-hybridized carbons (Fsp3) is 0.520. The lowest BCUT2D eigenvalue weighted by atomic mass is 9.98. The normalized spacial score (nSPS) is 20.5. The minimum absolute atomic E-state index is 0.0286. The lowest BCUT2D eigenvalue weighted by Crippen LogP contribution is -2.59. The summed E-state index contributed by atoms with van der Waals surface area (Å²) in [6.07, 6.45) is 1.96. The van der Waals surface area contributed by atoms with Crippen molar-refractivity contribution in [2.24, 2.45) is 5.92 Å². The molecule has 4 N–H and O–H groups in total. The lowest BCUT2D eigenvalue weighted by Gasteiger charge is -2.29. The average molecular weight is 594 g/mol.